The minimum Gasteiger partial charge on any atom is -0.480 e. The van der Waals surface area contributed by atoms with Gasteiger partial charge in [-0.25, -0.2) is 4.79 Å². The molecule has 21 heavy (non-hydrogen) atoms. The lowest BCUT2D eigenvalue weighted by Crippen LogP contribution is -2.47. The number of aliphatic carboxylic acids is 1. The van der Waals surface area contributed by atoms with Crippen LogP contribution in [0.2, 0.25) is 5.02 Å². The Morgan fingerprint density at radius 1 is 1.48 bits per heavy atom. The highest BCUT2D eigenvalue weighted by Crippen LogP contribution is 2.37. The first-order chi connectivity index (χ1) is 9.84. The summed E-state index contributed by atoms with van der Waals surface area (Å²) in [4.78, 5) is 25.7. The number of carbonyl (C=O) groups is 2. The normalized spacial score (nSPS) is 21.9. The second-order valence-corrected chi connectivity index (χ2v) is 7.52. The summed E-state index contributed by atoms with van der Waals surface area (Å²) in [7, 11) is 0. The van der Waals surface area contributed by atoms with E-state index in [1.807, 2.05) is 13.8 Å². The Morgan fingerprint density at radius 3 is 2.71 bits per heavy atom. The average molecular weight is 393 g/mol. The summed E-state index contributed by atoms with van der Waals surface area (Å²) in [5.74, 6) is -0.757. The van der Waals surface area contributed by atoms with Crippen LogP contribution in [0.3, 0.4) is 0 Å². The summed E-state index contributed by atoms with van der Waals surface area (Å²) in [5.41, 5.74) is 0.324. The van der Waals surface area contributed by atoms with Crippen LogP contribution in [0, 0.1) is 5.92 Å². The van der Waals surface area contributed by atoms with Gasteiger partial charge in [-0.3, -0.25) is 4.79 Å². The van der Waals surface area contributed by atoms with E-state index in [9.17, 15) is 14.7 Å². The van der Waals surface area contributed by atoms with E-state index in [-0.39, 0.29) is 17.2 Å². The molecule has 2 unspecified atom stereocenters. The van der Waals surface area contributed by atoms with Crippen LogP contribution < -0.4 is 0 Å². The zero-order valence-electron chi connectivity index (χ0n) is 11.5. The lowest BCUT2D eigenvalue weighted by molar-refractivity contribution is -0.141. The molecule has 0 spiro atoms. The summed E-state index contributed by atoms with van der Waals surface area (Å²) in [6, 6.07) is 4.26. The zero-order valence-corrected chi connectivity index (χ0v) is 14.7. The lowest BCUT2D eigenvalue weighted by atomic mass is 10.1. The quantitative estimate of drug-likeness (QED) is 0.851. The number of carboxylic acid groups (broad SMARTS) is 1. The highest BCUT2D eigenvalue weighted by Gasteiger charge is 2.43. The fraction of sp³-hybridized carbons (Fsp3) is 0.429. The standard InChI is InChI=1S/C14H15BrClNO3S/c1-7(2)13-17(10(6-21-13)14(19)20)12(18)8-4-3-5-9(15)11(8)16/h3-5,7,10,13H,6H2,1-2H3,(H,19,20). The molecule has 7 heteroatoms. The van der Waals surface area contributed by atoms with Crippen LogP contribution in [0.1, 0.15) is 24.2 Å². The molecule has 0 radical (unpaired) electrons. The van der Waals surface area contributed by atoms with Crippen molar-refractivity contribution in [2.24, 2.45) is 5.92 Å². The minimum atomic E-state index is -0.981. The number of amides is 1. The fourth-order valence-corrected chi connectivity index (χ4v) is 4.34. The number of halogens is 2. The molecule has 1 aliphatic rings. The number of carboxylic acids is 1. The van der Waals surface area contributed by atoms with Gasteiger partial charge in [0, 0.05) is 10.2 Å². The first-order valence-electron chi connectivity index (χ1n) is 6.45. The number of hydrogen-bond acceptors (Lipinski definition) is 3. The third kappa shape index (κ3) is 3.22. The summed E-state index contributed by atoms with van der Waals surface area (Å²) >= 11 is 11.0. The number of carbonyl (C=O) groups excluding carboxylic acids is 1. The predicted molar refractivity (Wildman–Crippen MR) is 87.8 cm³/mol. The van der Waals surface area contributed by atoms with Gasteiger partial charge in [-0.2, -0.15) is 0 Å². The largest absolute Gasteiger partial charge is 0.480 e. The van der Waals surface area contributed by atoms with Gasteiger partial charge in [0.05, 0.1) is 16.0 Å². The van der Waals surface area contributed by atoms with Crippen molar-refractivity contribution in [2.45, 2.75) is 25.3 Å². The molecule has 1 fully saturated rings. The van der Waals surface area contributed by atoms with E-state index in [4.69, 9.17) is 11.6 Å². The van der Waals surface area contributed by atoms with Crippen molar-refractivity contribution in [1.29, 1.82) is 0 Å². The Hall–Kier alpha value is -0.720. The van der Waals surface area contributed by atoms with Crippen molar-refractivity contribution in [3.63, 3.8) is 0 Å². The number of rotatable bonds is 3. The fourth-order valence-electron chi connectivity index (χ4n) is 2.30. The SMILES string of the molecule is CC(C)C1SCC(C(=O)O)N1C(=O)c1cccc(Br)c1Cl. The van der Waals surface area contributed by atoms with Crippen LogP contribution in [-0.4, -0.2) is 39.1 Å². The van der Waals surface area contributed by atoms with Crippen molar-refractivity contribution in [2.75, 3.05) is 5.75 Å². The Morgan fingerprint density at radius 2 is 2.14 bits per heavy atom. The Balaban J connectivity index is 2.42. The molecule has 1 aliphatic heterocycles. The summed E-state index contributed by atoms with van der Waals surface area (Å²) in [6.07, 6.45) is 0. The smallest absolute Gasteiger partial charge is 0.327 e. The van der Waals surface area contributed by atoms with E-state index in [1.54, 1.807) is 18.2 Å². The van der Waals surface area contributed by atoms with Gasteiger partial charge in [0.25, 0.3) is 5.91 Å². The average Bonchev–Trinajstić information content (AvgIpc) is 2.86. The number of thioether (sulfide) groups is 1. The van der Waals surface area contributed by atoms with Gasteiger partial charge in [0.15, 0.2) is 0 Å². The molecule has 114 valence electrons. The lowest BCUT2D eigenvalue weighted by Gasteiger charge is -2.30. The van der Waals surface area contributed by atoms with E-state index in [0.717, 1.165) is 0 Å². The Bertz CT molecular complexity index is 581. The van der Waals surface area contributed by atoms with E-state index in [2.05, 4.69) is 15.9 Å². The molecular formula is C14H15BrClNO3S. The third-order valence-electron chi connectivity index (χ3n) is 3.31. The number of nitrogens with zero attached hydrogens (tertiary/aromatic N) is 1. The molecule has 1 saturated heterocycles. The van der Waals surface area contributed by atoms with Crippen LogP contribution in [0.5, 0.6) is 0 Å². The monoisotopic (exact) mass is 391 g/mol. The maximum Gasteiger partial charge on any atom is 0.327 e. The molecule has 0 aromatic heterocycles. The predicted octanol–water partition coefficient (Wildman–Crippen LogP) is 3.73. The first kappa shape index (κ1) is 16.6. The van der Waals surface area contributed by atoms with E-state index in [1.165, 1.54) is 16.7 Å². The third-order valence-corrected chi connectivity index (χ3v) is 6.22. The summed E-state index contributed by atoms with van der Waals surface area (Å²) in [6.45, 7) is 3.95. The van der Waals surface area contributed by atoms with Crippen LogP contribution in [-0.2, 0) is 4.79 Å². The van der Waals surface area contributed by atoms with Crippen LogP contribution in [0.4, 0.5) is 0 Å². The topological polar surface area (TPSA) is 57.6 Å². The summed E-state index contributed by atoms with van der Waals surface area (Å²) in [5, 5.41) is 9.51. The molecule has 0 bridgehead atoms. The molecule has 1 heterocycles. The maximum absolute atomic E-state index is 12.8. The number of benzene rings is 1. The van der Waals surface area contributed by atoms with Gasteiger partial charge in [-0.1, -0.05) is 31.5 Å². The first-order valence-corrected chi connectivity index (χ1v) is 8.67. The number of hydrogen-bond donors (Lipinski definition) is 1. The second-order valence-electron chi connectivity index (χ2n) is 5.14. The van der Waals surface area contributed by atoms with Crippen LogP contribution in [0.15, 0.2) is 22.7 Å². The van der Waals surface area contributed by atoms with Crippen molar-refractivity contribution in [3.8, 4) is 0 Å². The Kier molecular flexibility index (Phi) is 5.22. The van der Waals surface area contributed by atoms with Gasteiger partial charge >= 0.3 is 5.97 Å². The van der Waals surface area contributed by atoms with E-state index >= 15 is 0 Å². The van der Waals surface area contributed by atoms with Gasteiger partial charge in [0.1, 0.15) is 6.04 Å². The van der Waals surface area contributed by atoms with Gasteiger partial charge in [-0.05, 0) is 34.0 Å². The highest BCUT2D eigenvalue weighted by molar-refractivity contribution is 9.10. The van der Waals surface area contributed by atoms with Crippen molar-refractivity contribution in [1.82, 2.24) is 4.90 Å². The second kappa shape index (κ2) is 6.58. The van der Waals surface area contributed by atoms with Gasteiger partial charge < -0.3 is 10.0 Å². The molecule has 0 saturated carbocycles. The molecule has 1 N–H and O–H groups in total. The molecule has 1 amide bonds. The molecule has 2 rings (SSSR count). The van der Waals surface area contributed by atoms with Crippen LogP contribution >= 0.6 is 39.3 Å². The van der Waals surface area contributed by atoms with Gasteiger partial charge in [0.2, 0.25) is 0 Å². The molecular weight excluding hydrogens is 378 g/mol. The van der Waals surface area contributed by atoms with Crippen LogP contribution in [0.25, 0.3) is 0 Å². The highest BCUT2D eigenvalue weighted by atomic mass is 79.9. The molecule has 4 nitrogen and oxygen atoms in total. The molecule has 0 aliphatic carbocycles. The molecule has 1 aromatic rings. The minimum absolute atomic E-state index is 0.159. The Labute approximate surface area is 141 Å². The zero-order chi connectivity index (χ0) is 15.7. The van der Waals surface area contributed by atoms with Crippen molar-refractivity contribution >= 4 is 51.2 Å². The van der Waals surface area contributed by atoms with Crippen molar-refractivity contribution < 1.29 is 14.7 Å². The maximum atomic E-state index is 12.8. The summed E-state index contributed by atoms with van der Waals surface area (Å²) < 4.78 is 0.620. The molecule has 1 aromatic carbocycles. The van der Waals surface area contributed by atoms with E-state index in [0.29, 0.717) is 20.8 Å². The van der Waals surface area contributed by atoms with Gasteiger partial charge in [-0.15, -0.1) is 11.8 Å². The molecule has 2 atom stereocenters. The van der Waals surface area contributed by atoms with Crippen molar-refractivity contribution in [3.05, 3.63) is 33.3 Å². The van der Waals surface area contributed by atoms with E-state index < -0.39 is 12.0 Å².